The van der Waals surface area contributed by atoms with E-state index in [1.807, 2.05) is 7.11 Å². The Morgan fingerprint density at radius 2 is 1.48 bits per heavy atom. The molecule has 0 aliphatic rings. The summed E-state index contributed by atoms with van der Waals surface area (Å²) >= 11 is 0. The van der Waals surface area contributed by atoms with Gasteiger partial charge in [0.1, 0.15) is 0 Å². The number of benzene rings is 1. The second-order valence-corrected chi connectivity index (χ2v) is 8.45. The van der Waals surface area contributed by atoms with E-state index >= 15 is 0 Å². The summed E-state index contributed by atoms with van der Waals surface area (Å²) in [6.07, 6.45) is 12.6. The first-order chi connectivity index (χ1) is 10.3. The lowest BCUT2D eigenvalue weighted by Crippen LogP contribution is -2.09. The van der Waals surface area contributed by atoms with Crippen LogP contribution in [0.1, 0.15) is 64.0 Å². The monoisotopic (exact) mass is 308 g/mol. The summed E-state index contributed by atoms with van der Waals surface area (Å²) < 4.78 is 5.80. The van der Waals surface area contributed by atoms with E-state index in [0.29, 0.717) is 6.10 Å². The number of hydrogen-bond donors (Lipinski definition) is 0. The van der Waals surface area contributed by atoms with Crippen LogP contribution in [0.2, 0.25) is 0 Å². The molecule has 0 aromatic heterocycles. The summed E-state index contributed by atoms with van der Waals surface area (Å²) in [5, 5.41) is 0. The predicted octanol–water partition coefficient (Wildman–Crippen LogP) is 6.24. The van der Waals surface area contributed by atoms with Crippen molar-refractivity contribution < 1.29 is 4.74 Å². The van der Waals surface area contributed by atoms with Crippen molar-refractivity contribution in [1.29, 1.82) is 0 Å². The molecule has 0 bridgehead atoms. The molecule has 0 heterocycles. The number of rotatable bonds is 12. The molecular formula is C19H33OP. The van der Waals surface area contributed by atoms with Gasteiger partial charge < -0.3 is 4.74 Å². The topological polar surface area (TPSA) is 9.23 Å². The third-order valence-electron chi connectivity index (χ3n) is 4.04. The lowest BCUT2D eigenvalue weighted by Gasteiger charge is -2.24. The molecule has 0 aliphatic carbocycles. The minimum absolute atomic E-state index is 0.122. The van der Waals surface area contributed by atoms with Crippen molar-refractivity contribution in [2.45, 2.75) is 58.5 Å². The highest BCUT2D eigenvalue weighted by Gasteiger charge is 2.16. The van der Waals surface area contributed by atoms with Crippen LogP contribution in [0, 0.1) is 0 Å². The molecule has 0 amide bonds. The summed E-state index contributed by atoms with van der Waals surface area (Å²) in [5.74, 6) is 0. The summed E-state index contributed by atoms with van der Waals surface area (Å²) in [5.41, 5.74) is 1.35. The Hall–Kier alpha value is -0.390. The standard InChI is InChI=1S/C19H33OP/c1-4-6-11-15-21(16-12-7-5-2)17-19(20-3)18-13-9-8-10-14-18/h8-10,13-14,19H,4-7,11-12,15-17H2,1-3H3. The van der Waals surface area contributed by atoms with Gasteiger partial charge >= 0.3 is 0 Å². The highest BCUT2D eigenvalue weighted by molar-refractivity contribution is 7.57. The molecule has 0 N–H and O–H groups in total. The fourth-order valence-electron chi connectivity index (χ4n) is 2.68. The molecule has 0 fully saturated rings. The van der Waals surface area contributed by atoms with E-state index < -0.39 is 0 Å². The normalized spacial score (nSPS) is 12.8. The Kier molecular flexibility index (Phi) is 10.8. The third kappa shape index (κ3) is 7.98. The van der Waals surface area contributed by atoms with Gasteiger partial charge in [0.15, 0.2) is 0 Å². The first-order valence-corrected chi connectivity index (χ1v) is 10.5. The van der Waals surface area contributed by atoms with Crippen molar-refractivity contribution in [3.05, 3.63) is 35.9 Å². The van der Waals surface area contributed by atoms with Crippen molar-refractivity contribution in [1.82, 2.24) is 0 Å². The van der Waals surface area contributed by atoms with Crippen LogP contribution in [0.3, 0.4) is 0 Å². The maximum atomic E-state index is 5.80. The highest BCUT2D eigenvalue weighted by atomic mass is 31.1. The molecule has 1 aromatic carbocycles. The molecule has 0 saturated carbocycles. The van der Waals surface area contributed by atoms with Crippen LogP contribution >= 0.6 is 7.92 Å². The SMILES string of the molecule is CCCCCP(CCCCC)CC(OC)c1ccccc1. The first-order valence-electron chi connectivity index (χ1n) is 8.61. The second kappa shape index (κ2) is 12.2. The van der Waals surface area contributed by atoms with Gasteiger partial charge in [-0.25, -0.2) is 0 Å². The van der Waals surface area contributed by atoms with Crippen LogP contribution in [0.25, 0.3) is 0 Å². The van der Waals surface area contributed by atoms with Gasteiger partial charge in [0.25, 0.3) is 0 Å². The fraction of sp³-hybridized carbons (Fsp3) is 0.684. The average molecular weight is 308 g/mol. The van der Waals surface area contributed by atoms with E-state index in [1.54, 1.807) is 0 Å². The Bertz CT molecular complexity index is 329. The van der Waals surface area contributed by atoms with Crippen LogP contribution in [0.5, 0.6) is 0 Å². The van der Waals surface area contributed by atoms with Gasteiger partial charge in [-0.3, -0.25) is 0 Å². The zero-order valence-electron chi connectivity index (χ0n) is 14.2. The molecule has 1 nitrogen and oxygen atoms in total. The number of unbranched alkanes of at least 4 members (excludes halogenated alkanes) is 4. The van der Waals surface area contributed by atoms with Gasteiger partial charge in [0.2, 0.25) is 0 Å². The average Bonchev–Trinajstić information content (AvgIpc) is 2.53. The van der Waals surface area contributed by atoms with E-state index in [2.05, 4.69) is 44.2 Å². The quantitative estimate of drug-likeness (QED) is 0.328. The number of hydrogen-bond acceptors (Lipinski definition) is 1. The molecule has 0 spiro atoms. The van der Waals surface area contributed by atoms with Crippen molar-refractivity contribution in [3.63, 3.8) is 0 Å². The Morgan fingerprint density at radius 1 is 0.905 bits per heavy atom. The molecule has 2 heteroatoms. The summed E-state index contributed by atoms with van der Waals surface area (Å²) in [4.78, 5) is 0. The van der Waals surface area contributed by atoms with Crippen LogP contribution < -0.4 is 0 Å². The van der Waals surface area contributed by atoms with Crippen molar-refractivity contribution in [2.75, 3.05) is 25.6 Å². The predicted molar refractivity (Wildman–Crippen MR) is 96.8 cm³/mol. The number of ether oxygens (including phenoxy) is 1. The molecule has 1 unspecified atom stereocenters. The van der Waals surface area contributed by atoms with Crippen LogP contribution in [-0.4, -0.2) is 25.6 Å². The lowest BCUT2D eigenvalue weighted by atomic mass is 10.1. The Morgan fingerprint density at radius 3 is 1.95 bits per heavy atom. The molecular weight excluding hydrogens is 275 g/mol. The molecule has 21 heavy (non-hydrogen) atoms. The zero-order chi connectivity index (χ0) is 15.3. The summed E-state index contributed by atoms with van der Waals surface area (Å²) in [6.45, 7) is 4.59. The van der Waals surface area contributed by atoms with Gasteiger partial charge in [-0.2, -0.15) is 0 Å². The minimum Gasteiger partial charge on any atom is -0.376 e. The molecule has 1 atom stereocenters. The Labute approximate surface area is 133 Å². The van der Waals surface area contributed by atoms with E-state index in [1.165, 1.54) is 62.6 Å². The fourth-order valence-corrected chi connectivity index (χ4v) is 5.44. The summed E-state index contributed by atoms with van der Waals surface area (Å²) in [7, 11) is 1.99. The van der Waals surface area contributed by atoms with Gasteiger partial charge in [0, 0.05) is 7.11 Å². The summed E-state index contributed by atoms with van der Waals surface area (Å²) in [6, 6.07) is 10.7. The molecule has 1 aromatic rings. The third-order valence-corrected chi connectivity index (χ3v) is 6.78. The minimum atomic E-state index is 0.122. The first kappa shape index (κ1) is 18.7. The van der Waals surface area contributed by atoms with E-state index in [9.17, 15) is 0 Å². The van der Waals surface area contributed by atoms with E-state index in [0.717, 1.165) is 0 Å². The lowest BCUT2D eigenvalue weighted by molar-refractivity contribution is 0.122. The van der Waals surface area contributed by atoms with Gasteiger partial charge in [-0.15, -0.1) is 7.92 Å². The number of methoxy groups -OCH3 is 1. The van der Waals surface area contributed by atoms with Crippen molar-refractivity contribution in [3.8, 4) is 0 Å². The van der Waals surface area contributed by atoms with Gasteiger partial charge in [-0.1, -0.05) is 69.9 Å². The largest absolute Gasteiger partial charge is 0.376 e. The smallest absolute Gasteiger partial charge is 0.0860 e. The van der Waals surface area contributed by atoms with Crippen LogP contribution in [0.15, 0.2) is 30.3 Å². The highest BCUT2D eigenvalue weighted by Crippen LogP contribution is 2.42. The molecule has 1 rings (SSSR count). The molecule has 0 radical (unpaired) electrons. The van der Waals surface area contributed by atoms with E-state index in [4.69, 9.17) is 4.74 Å². The van der Waals surface area contributed by atoms with Crippen LogP contribution in [-0.2, 0) is 4.74 Å². The van der Waals surface area contributed by atoms with Crippen LogP contribution in [0.4, 0.5) is 0 Å². The van der Waals surface area contributed by atoms with Gasteiger partial charge in [0.05, 0.1) is 6.10 Å². The Balaban J connectivity index is 2.54. The molecule has 0 saturated heterocycles. The molecule has 0 aliphatic heterocycles. The molecule has 120 valence electrons. The van der Waals surface area contributed by atoms with Crippen molar-refractivity contribution >= 4 is 7.92 Å². The zero-order valence-corrected chi connectivity index (χ0v) is 15.1. The van der Waals surface area contributed by atoms with E-state index in [-0.39, 0.29) is 7.92 Å². The second-order valence-electron chi connectivity index (χ2n) is 5.85. The maximum absolute atomic E-state index is 5.80. The van der Waals surface area contributed by atoms with Gasteiger partial charge in [-0.05, 0) is 36.9 Å². The maximum Gasteiger partial charge on any atom is 0.0860 e. The van der Waals surface area contributed by atoms with Crippen molar-refractivity contribution in [2.24, 2.45) is 0 Å².